The highest BCUT2D eigenvalue weighted by molar-refractivity contribution is 9.11. The molecule has 2 aromatic carbocycles. The monoisotopic (exact) mass is 548 g/mol. The molecule has 4 rings (SSSR count). The number of fused-ring (bicyclic) bond motifs is 1. The van der Waals surface area contributed by atoms with E-state index < -0.39 is 5.92 Å². The summed E-state index contributed by atoms with van der Waals surface area (Å²) in [5, 5.41) is 17.4. The normalized spacial score (nSPS) is 15.4. The SMILES string of the molecule is Cc1[nH]nc2c1[C@@H](c1cc(Br)c(OCc3ccccc3Cl)c(Br)c1)C(C#N)=C(N)O2. The van der Waals surface area contributed by atoms with E-state index in [2.05, 4.69) is 48.1 Å². The number of nitrogens with zero attached hydrogens (tertiary/aromatic N) is 2. The average molecular weight is 551 g/mol. The zero-order valence-electron chi connectivity index (χ0n) is 15.7. The minimum atomic E-state index is -0.414. The lowest BCUT2D eigenvalue weighted by atomic mass is 9.84. The lowest BCUT2D eigenvalue weighted by Crippen LogP contribution is -2.21. The Morgan fingerprint density at radius 1 is 1.30 bits per heavy atom. The second-order valence-corrected chi connectivity index (χ2v) is 8.80. The molecule has 1 atom stereocenters. The van der Waals surface area contributed by atoms with Gasteiger partial charge in [0.2, 0.25) is 11.8 Å². The van der Waals surface area contributed by atoms with E-state index in [4.69, 9.17) is 26.8 Å². The van der Waals surface area contributed by atoms with Crippen molar-refractivity contribution in [3.05, 3.63) is 84.2 Å². The Morgan fingerprint density at radius 3 is 2.67 bits per heavy atom. The van der Waals surface area contributed by atoms with Gasteiger partial charge in [-0.1, -0.05) is 29.8 Å². The van der Waals surface area contributed by atoms with E-state index in [9.17, 15) is 5.26 Å². The Hall–Kier alpha value is -2.47. The van der Waals surface area contributed by atoms with Crippen LogP contribution in [0.5, 0.6) is 11.6 Å². The highest BCUT2D eigenvalue weighted by Crippen LogP contribution is 2.46. The van der Waals surface area contributed by atoms with Gasteiger partial charge in [0.05, 0.1) is 14.9 Å². The molecule has 0 spiro atoms. The van der Waals surface area contributed by atoms with Crippen molar-refractivity contribution < 1.29 is 9.47 Å². The van der Waals surface area contributed by atoms with Crippen LogP contribution >= 0.6 is 43.5 Å². The van der Waals surface area contributed by atoms with Gasteiger partial charge in [0, 0.05) is 21.8 Å². The van der Waals surface area contributed by atoms with E-state index in [0.717, 1.165) is 31.3 Å². The van der Waals surface area contributed by atoms with Gasteiger partial charge >= 0.3 is 0 Å². The first kappa shape index (κ1) is 20.8. The van der Waals surface area contributed by atoms with Crippen molar-refractivity contribution in [3.63, 3.8) is 0 Å². The van der Waals surface area contributed by atoms with Gasteiger partial charge in [-0.05, 0) is 62.5 Å². The van der Waals surface area contributed by atoms with Crippen LogP contribution in [0.2, 0.25) is 5.02 Å². The van der Waals surface area contributed by atoms with Crippen molar-refractivity contribution in [2.24, 2.45) is 5.73 Å². The van der Waals surface area contributed by atoms with E-state index in [1.54, 1.807) is 0 Å². The van der Waals surface area contributed by atoms with E-state index in [1.165, 1.54) is 0 Å². The van der Waals surface area contributed by atoms with Gasteiger partial charge < -0.3 is 15.2 Å². The van der Waals surface area contributed by atoms with E-state index in [0.29, 0.717) is 28.8 Å². The van der Waals surface area contributed by atoms with Crippen molar-refractivity contribution in [3.8, 4) is 17.7 Å². The van der Waals surface area contributed by atoms with Crippen LogP contribution in [0.4, 0.5) is 0 Å². The molecule has 1 aliphatic rings. The maximum atomic E-state index is 9.72. The highest BCUT2D eigenvalue weighted by Gasteiger charge is 2.34. The topological polar surface area (TPSA) is 97.0 Å². The van der Waals surface area contributed by atoms with Gasteiger partial charge in [-0.15, -0.1) is 5.10 Å². The number of nitrogens with two attached hydrogens (primary N) is 1. The van der Waals surface area contributed by atoms with Crippen LogP contribution in [0.15, 0.2) is 56.8 Å². The third-order valence-electron chi connectivity index (χ3n) is 4.81. The van der Waals surface area contributed by atoms with Crippen molar-refractivity contribution in [1.29, 1.82) is 5.26 Å². The first-order valence-corrected chi connectivity index (χ1v) is 10.8. The number of benzene rings is 2. The zero-order chi connectivity index (χ0) is 21.4. The molecule has 1 aromatic heterocycles. The molecule has 3 aromatic rings. The molecule has 0 fully saturated rings. The summed E-state index contributed by atoms with van der Waals surface area (Å²) in [7, 11) is 0. The number of H-pyrrole nitrogens is 1. The number of aryl methyl sites for hydroxylation is 1. The fraction of sp³-hybridized carbons (Fsp3) is 0.143. The van der Waals surface area contributed by atoms with Gasteiger partial charge in [-0.2, -0.15) is 5.26 Å². The second-order valence-electron chi connectivity index (χ2n) is 6.69. The smallest absolute Gasteiger partial charge is 0.244 e. The van der Waals surface area contributed by atoms with Gasteiger partial charge in [-0.25, -0.2) is 0 Å². The third kappa shape index (κ3) is 3.69. The van der Waals surface area contributed by atoms with Crippen LogP contribution in [0.1, 0.15) is 28.3 Å². The standard InChI is InChI=1S/C21H15Br2ClN4O2/c1-10-17-18(13(8-25)20(26)30-21(17)28-27-10)12-6-14(22)19(15(23)7-12)29-9-11-4-2-3-5-16(11)24/h2-7,18H,9,26H2,1H3,(H,27,28)/t18-/m0/s1. The number of ether oxygens (including phenoxy) is 2. The fourth-order valence-corrected chi connectivity index (χ4v) is 5.02. The summed E-state index contributed by atoms with van der Waals surface area (Å²) in [5.74, 6) is 0.640. The summed E-state index contributed by atoms with van der Waals surface area (Å²) in [6, 6.07) is 13.5. The van der Waals surface area contributed by atoms with E-state index >= 15 is 0 Å². The Kier molecular flexibility index (Phi) is 5.78. The van der Waals surface area contributed by atoms with Crippen molar-refractivity contribution in [1.82, 2.24) is 10.2 Å². The molecule has 9 heteroatoms. The predicted octanol–water partition coefficient (Wildman–Crippen LogP) is 5.69. The van der Waals surface area contributed by atoms with Crippen molar-refractivity contribution in [2.75, 3.05) is 0 Å². The highest BCUT2D eigenvalue weighted by atomic mass is 79.9. The molecule has 30 heavy (non-hydrogen) atoms. The molecule has 3 N–H and O–H groups in total. The minimum absolute atomic E-state index is 0.0489. The van der Waals surface area contributed by atoms with Gasteiger partial charge in [-0.3, -0.25) is 5.10 Å². The quantitative estimate of drug-likeness (QED) is 0.435. The number of nitriles is 1. The summed E-state index contributed by atoms with van der Waals surface area (Å²) in [6.45, 7) is 2.19. The van der Waals surface area contributed by atoms with Crippen molar-refractivity contribution >= 4 is 43.5 Å². The maximum absolute atomic E-state index is 9.72. The molecule has 1 aliphatic heterocycles. The first-order chi connectivity index (χ1) is 14.4. The molecule has 0 unspecified atom stereocenters. The van der Waals surface area contributed by atoms with Crippen LogP contribution < -0.4 is 15.2 Å². The zero-order valence-corrected chi connectivity index (χ0v) is 19.6. The molecule has 0 aliphatic carbocycles. The Balaban J connectivity index is 1.72. The fourth-order valence-electron chi connectivity index (χ4n) is 3.38. The average Bonchev–Trinajstić information content (AvgIpc) is 3.07. The third-order valence-corrected chi connectivity index (χ3v) is 6.36. The first-order valence-electron chi connectivity index (χ1n) is 8.88. The van der Waals surface area contributed by atoms with Crippen LogP contribution in [0.25, 0.3) is 0 Å². The molecular formula is C21H15Br2ClN4O2. The Morgan fingerprint density at radius 2 is 2.00 bits per heavy atom. The molecule has 6 nitrogen and oxygen atoms in total. The predicted molar refractivity (Wildman–Crippen MR) is 120 cm³/mol. The molecule has 152 valence electrons. The second kappa shape index (κ2) is 8.34. The largest absolute Gasteiger partial charge is 0.486 e. The molecule has 0 bridgehead atoms. The summed E-state index contributed by atoms with van der Waals surface area (Å²) in [4.78, 5) is 0. The number of halogens is 3. The molecule has 0 radical (unpaired) electrons. The number of nitrogens with one attached hydrogen (secondary N) is 1. The van der Waals surface area contributed by atoms with E-state index in [-0.39, 0.29) is 5.88 Å². The molecule has 0 saturated heterocycles. The number of hydrogen-bond acceptors (Lipinski definition) is 5. The number of hydrogen-bond donors (Lipinski definition) is 2. The summed E-state index contributed by atoms with van der Waals surface area (Å²) >= 11 is 13.4. The lowest BCUT2D eigenvalue weighted by Gasteiger charge is -2.24. The minimum Gasteiger partial charge on any atom is -0.486 e. The van der Waals surface area contributed by atoms with Crippen LogP contribution in [0.3, 0.4) is 0 Å². The lowest BCUT2D eigenvalue weighted by molar-refractivity contribution is 0.302. The maximum Gasteiger partial charge on any atom is 0.244 e. The number of aromatic nitrogens is 2. The number of rotatable bonds is 4. The summed E-state index contributed by atoms with van der Waals surface area (Å²) in [5.41, 5.74) is 9.63. The van der Waals surface area contributed by atoms with Gasteiger partial charge in [0.1, 0.15) is 24.0 Å². The van der Waals surface area contributed by atoms with Gasteiger partial charge in [0.25, 0.3) is 0 Å². The molecule has 0 saturated carbocycles. The molecular weight excluding hydrogens is 536 g/mol. The van der Waals surface area contributed by atoms with Crippen LogP contribution in [-0.4, -0.2) is 10.2 Å². The summed E-state index contributed by atoms with van der Waals surface area (Å²) < 4.78 is 13.0. The number of aromatic amines is 1. The van der Waals surface area contributed by atoms with Gasteiger partial charge in [0.15, 0.2) is 0 Å². The van der Waals surface area contributed by atoms with Crippen molar-refractivity contribution in [2.45, 2.75) is 19.4 Å². The van der Waals surface area contributed by atoms with Crippen LogP contribution in [-0.2, 0) is 6.61 Å². The molecule has 2 heterocycles. The Labute approximate surface area is 194 Å². The summed E-state index contributed by atoms with van der Waals surface area (Å²) in [6.07, 6.45) is 0. The Bertz CT molecular complexity index is 1190. The van der Waals surface area contributed by atoms with E-state index in [1.807, 2.05) is 43.3 Å². The number of allylic oxidation sites excluding steroid dienone is 1. The van der Waals surface area contributed by atoms with Crippen LogP contribution in [0, 0.1) is 18.3 Å². The molecule has 0 amide bonds.